The Kier molecular flexibility index (Phi) is 5.86. The van der Waals surface area contributed by atoms with Gasteiger partial charge in [-0.3, -0.25) is 9.59 Å². The van der Waals surface area contributed by atoms with Crippen molar-refractivity contribution >= 4 is 11.8 Å². The van der Waals surface area contributed by atoms with E-state index in [1.807, 2.05) is 30.9 Å². The number of hydrogen-bond acceptors (Lipinski definition) is 2. The molecule has 1 N–H and O–H groups in total. The minimum atomic E-state index is -0.490. The number of likely N-dealkylation sites (tertiary alicyclic amines) is 1. The van der Waals surface area contributed by atoms with Gasteiger partial charge in [-0.05, 0) is 41.4 Å². The van der Waals surface area contributed by atoms with Crippen LogP contribution in [0, 0.1) is 17.2 Å². The monoisotopic (exact) mass is 348 g/mol. The molecule has 2 rings (SSSR count). The summed E-state index contributed by atoms with van der Waals surface area (Å²) in [5.74, 6) is -0.127. The molecule has 2 amide bonds. The summed E-state index contributed by atoms with van der Waals surface area (Å²) in [7, 11) is 0. The summed E-state index contributed by atoms with van der Waals surface area (Å²) in [4.78, 5) is 26.2. The molecule has 1 saturated heterocycles. The lowest BCUT2D eigenvalue weighted by atomic mass is 9.70. The van der Waals surface area contributed by atoms with Crippen molar-refractivity contribution < 1.29 is 14.0 Å². The molecular weight excluding hydrogens is 319 g/mol. The van der Waals surface area contributed by atoms with Crippen molar-refractivity contribution in [2.24, 2.45) is 11.3 Å². The molecule has 1 aromatic rings. The van der Waals surface area contributed by atoms with E-state index in [2.05, 4.69) is 19.2 Å². The van der Waals surface area contributed by atoms with E-state index in [1.54, 1.807) is 0 Å². The number of carbonyl (C=O) groups is 2. The highest BCUT2D eigenvalue weighted by Gasteiger charge is 2.40. The van der Waals surface area contributed by atoms with Crippen molar-refractivity contribution in [3.63, 3.8) is 0 Å². The second-order valence-corrected chi connectivity index (χ2v) is 8.06. The van der Waals surface area contributed by atoms with Crippen LogP contribution in [0.4, 0.5) is 4.39 Å². The van der Waals surface area contributed by atoms with Gasteiger partial charge in [0, 0.05) is 20.0 Å². The smallest absolute Gasteiger partial charge is 0.245 e. The number of rotatable bonds is 4. The van der Waals surface area contributed by atoms with Gasteiger partial charge in [0.15, 0.2) is 0 Å². The molecule has 2 atom stereocenters. The van der Waals surface area contributed by atoms with Crippen LogP contribution in [0.2, 0.25) is 0 Å². The molecule has 1 aromatic carbocycles. The molecule has 1 unspecified atom stereocenters. The van der Waals surface area contributed by atoms with Gasteiger partial charge >= 0.3 is 0 Å². The van der Waals surface area contributed by atoms with E-state index in [0.717, 1.165) is 12.0 Å². The first-order chi connectivity index (χ1) is 11.6. The fraction of sp³-hybridized carbons (Fsp3) is 0.600. The van der Waals surface area contributed by atoms with Gasteiger partial charge in [-0.2, -0.15) is 0 Å². The standard InChI is InChI=1S/C20H29FN2O2/c1-13(2)18(22-14(3)24)19(25)23-11-10-17(20(4,5)12-23)15-6-8-16(21)9-7-15/h6-9,13,17-18H,10-12H2,1-5H3,(H,22,24)/t17?,18-/m1/s1. The Morgan fingerprint density at radius 3 is 2.32 bits per heavy atom. The Bertz CT molecular complexity index is 625. The van der Waals surface area contributed by atoms with E-state index in [4.69, 9.17) is 0 Å². The molecular formula is C20H29FN2O2. The minimum Gasteiger partial charge on any atom is -0.344 e. The van der Waals surface area contributed by atoms with Gasteiger partial charge in [-0.1, -0.05) is 39.8 Å². The predicted molar refractivity (Wildman–Crippen MR) is 96.6 cm³/mol. The molecule has 0 saturated carbocycles. The van der Waals surface area contributed by atoms with Crippen molar-refractivity contribution in [1.82, 2.24) is 10.2 Å². The third-order valence-corrected chi connectivity index (χ3v) is 5.10. The van der Waals surface area contributed by atoms with E-state index in [1.165, 1.54) is 19.1 Å². The van der Waals surface area contributed by atoms with Gasteiger partial charge in [0.1, 0.15) is 11.9 Å². The van der Waals surface area contributed by atoms with Crippen LogP contribution in [0.5, 0.6) is 0 Å². The Morgan fingerprint density at radius 2 is 1.84 bits per heavy atom. The number of carbonyl (C=O) groups excluding carboxylic acids is 2. The highest BCUT2D eigenvalue weighted by atomic mass is 19.1. The van der Waals surface area contributed by atoms with Gasteiger partial charge in [0.2, 0.25) is 11.8 Å². The topological polar surface area (TPSA) is 49.4 Å². The van der Waals surface area contributed by atoms with Crippen LogP contribution in [0.3, 0.4) is 0 Å². The number of benzene rings is 1. The molecule has 4 nitrogen and oxygen atoms in total. The summed E-state index contributed by atoms with van der Waals surface area (Å²) in [6.45, 7) is 10.9. The number of nitrogens with zero attached hydrogens (tertiary/aromatic N) is 1. The normalized spacial score (nSPS) is 21.1. The van der Waals surface area contributed by atoms with Crippen LogP contribution >= 0.6 is 0 Å². The fourth-order valence-electron chi connectivity index (χ4n) is 3.79. The quantitative estimate of drug-likeness (QED) is 0.907. The van der Waals surface area contributed by atoms with Crippen LogP contribution in [0.1, 0.15) is 52.5 Å². The first kappa shape index (κ1) is 19.4. The molecule has 138 valence electrons. The molecule has 1 aliphatic heterocycles. The molecule has 0 bridgehead atoms. The van der Waals surface area contributed by atoms with Crippen molar-refractivity contribution in [3.05, 3.63) is 35.6 Å². The maximum Gasteiger partial charge on any atom is 0.245 e. The first-order valence-corrected chi connectivity index (χ1v) is 8.93. The van der Waals surface area contributed by atoms with E-state index >= 15 is 0 Å². The molecule has 0 aliphatic carbocycles. The largest absolute Gasteiger partial charge is 0.344 e. The van der Waals surface area contributed by atoms with Crippen LogP contribution in [0.15, 0.2) is 24.3 Å². The SMILES string of the molecule is CC(=O)N[C@@H](C(=O)N1CCC(c2ccc(F)cc2)C(C)(C)C1)C(C)C. The number of halogens is 1. The molecule has 25 heavy (non-hydrogen) atoms. The summed E-state index contributed by atoms with van der Waals surface area (Å²) in [5, 5.41) is 2.78. The second kappa shape index (κ2) is 7.54. The van der Waals surface area contributed by atoms with E-state index in [9.17, 15) is 14.0 Å². The van der Waals surface area contributed by atoms with E-state index in [0.29, 0.717) is 13.1 Å². The Morgan fingerprint density at radius 1 is 1.24 bits per heavy atom. The molecule has 0 radical (unpaired) electrons. The van der Waals surface area contributed by atoms with Gasteiger partial charge in [0.25, 0.3) is 0 Å². The molecule has 1 aliphatic rings. The lowest BCUT2D eigenvalue weighted by Gasteiger charge is -2.45. The predicted octanol–water partition coefficient (Wildman–Crippen LogP) is 3.33. The Balaban J connectivity index is 2.14. The van der Waals surface area contributed by atoms with Crippen LogP contribution in [-0.4, -0.2) is 35.8 Å². The van der Waals surface area contributed by atoms with Gasteiger partial charge < -0.3 is 10.2 Å². The summed E-state index contributed by atoms with van der Waals surface area (Å²) < 4.78 is 13.2. The zero-order valence-electron chi connectivity index (χ0n) is 15.8. The average Bonchev–Trinajstić information content (AvgIpc) is 2.51. The summed E-state index contributed by atoms with van der Waals surface area (Å²) in [5.41, 5.74) is 0.990. The van der Waals surface area contributed by atoms with Crippen LogP contribution < -0.4 is 5.32 Å². The molecule has 5 heteroatoms. The maximum atomic E-state index is 13.2. The van der Waals surface area contributed by atoms with Gasteiger partial charge in [-0.15, -0.1) is 0 Å². The summed E-state index contributed by atoms with van der Waals surface area (Å²) in [6, 6.07) is 6.18. The Hall–Kier alpha value is -1.91. The molecule has 1 fully saturated rings. The van der Waals surface area contributed by atoms with Crippen LogP contribution in [0.25, 0.3) is 0 Å². The summed E-state index contributed by atoms with van der Waals surface area (Å²) >= 11 is 0. The van der Waals surface area contributed by atoms with E-state index < -0.39 is 6.04 Å². The molecule has 0 aromatic heterocycles. The Labute approximate surface area is 149 Å². The van der Waals surface area contributed by atoms with Gasteiger partial charge in [0.05, 0.1) is 0 Å². The number of hydrogen-bond donors (Lipinski definition) is 1. The fourth-order valence-corrected chi connectivity index (χ4v) is 3.79. The molecule has 1 heterocycles. The summed E-state index contributed by atoms with van der Waals surface area (Å²) in [6.07, 6.45) is 0.829. The zero-order chi connectivity index (χ0) is 18.8. The van der Waals surface area contributed by atoms with Crippen molar-refractivity contribution in [3.8, 4) is 0 Å². The minimum absolute atomic E-state index is 0.0177. The zero-order valence-corrected chi connectivity index (χ0v) is 15.8. The second-order valence-electron chi connectivity index (χ2n) is 8.06. The van der Waals surface area contributed by atoms with Crippen LogP contribution in [-0.2, 0) is 9.59 Å². The number of piperidine rings is 1. The highest BCUT2D eigenvalue weighted by molar-refractivity contribution is 5.87. The number of amides is 2. The number of nitrogens with one attached hydrogen (secondary N) is 1. The van der Waals surface area contributed by atoms with Gasteiger partial charge in [-0.25, -0.2) is 4.39 Å². The first-order valence-electron chi connectivity index (χ1n) is 8.93. The van der Waals surface area contributed by atoms with E-state index in [-0.39, 0.29) is 34.9 Å². The third-order valence-electron chi connectivity index (χ3n) is 5.10. The van der Waals surface area contributed by atoms with Crippen molar-refractivity contribution in [2.45, 2.75) is 53.0 Å². The lowest BCUT2D eigenvalue weighted by Crippen LogP contribution is -2.55. The van der Waals surface area contributed by atoms with Crippen molar-refractivity contribution in [2.75, 3.05) is 13.1 Å². The third kappa shape index (κ3) is 4.59. The highest BCUT2D eigenvalue weighted by Crippen LogP contribution is 2.42. The maximum absolute atomic E-state index is 13.2. The lowest BCUT2D eigenvalue weighted by molar-refractivity contribution is -0.140. The molecule has 0 spiro atoms. The van der Waals surface area contributed by atoms with Crippen molar-refractivity contribution in [1.29, 1.82) is 0 Å². The average molecular weight is 348 g/mol.